The molecule has 3 aromatic heterocycles. The molecule has 0 spiro atoms. The van der Waals surface area contributed by atoms with Crippen molar-refractivity contribution in [2.24, 2.45) is 0 Å². The molecule has 3 rings (SSSR count). The third-order valence-corrected chi connectivity index (χ3v) is 2.15. The van der Waals surface area contributed by atoms with Gasteiger partial charge in [0, 0.05) is 30.2 Å². The predicted octanol–water partition coefficient (Wildman–Crippen LogP) is 0.480. The number of aromatic amines is 1. The van der Waals surface area contributed by atoms with Gasteiger partial charge in [-0.05, 0) is 12.1 Å². The molecule has 3 aromatic rings. The maximum absolute atomic E-state index is 11.1. The Labute approximate surface area is 89.6 Å². The summed E-state index contributed by atoms with van der Waals surface area (Å²) in [5.41, 5.74) is 0.499. The minimum absolute atomic E-state index is 0.177. The van der Waals surface area contributed by atoms with Crippen LogP contribution in [0.25, 0.3) is 17.2 Å². The van der Waals surface area contributed by atoms with Crippen molar-refractivity contribution in [3.8, 4) is 11.4 Å². The van der Waals surface area contributed by atoms with E-state index in [1.165, 1.54) is 6.07 Å². The molecule has 0 saturated carbocycles. The number of H-pyrrole nitrogens is 1. The summed E-state index contributed by atoms with van der Waals surface area (Å²) in [6, 6.07) is 4.97. The maximum atomic E-state index is 11.1. The molecule has 0 fully saturated rings. The molecule has 0 bridgehead atoms. The lowest BCUT2D eigenvalue weighted by Crippen LogP contribution is -2.02. The van der Waals surface area contributed by atoms with Gasteiger partial charge in [0.15, 0.2) is 5.82 Å². The summed E-state index contributed by atoms with van der Waals surface area (Å²) in [5, 5.41) is 4.21. The Balaban J connectivity index is 2.23. The number of nitrogens with zero attached hydrogens (tertiary/aromatic N) is 4. The summed E-state index contributed by atoms with van der Waals surface area (Å²) in [4.78, 5) is 22.0. The van der Waals surface area contributed by atoms with Gasteiger partial charge in [-0.3, -0.25) is 4.79 Å². The van der Waals surface area contributed by atoms with Gasteiger partial charge in [0.25, 0.3) is 5.78 Å². The van der Waals surface area contributed by atoms with Crippen LogP contribution in [0, 0.1) is 0 Å². The van der Waals surface area contributed by atoms with Crippen LogP contribution in [0.4, 0.5) is 0 Å². The van der Waals surface area contributed by atoms with Crippen LogP contribution < -0.4 is 5.56 Å². The van der Waals surface area contributed by atoms with Gasteiger partial charge in [-0.15, -0.1) is 5.10 Å². The SMILES string of the molecule is O=c1cc(-c2nc3ncccn3n2)cc[nH]1. The van der Waals surface area contributed by atoms with Crippen molar-refractivity contribution in [1.29, 1.82) is 0 Å². The Hall–Kier alpha value is -2.50. The summed E-state index contributed by atoms with van der Waals surface area (Å²) < 4.78 is 1.57. The molecule has 16 heavy (non-hydrogen) atoms. The predicted molar refractivity (Wildman–Crippen MR) is 56.8 cm³/mol. The smallest absolute Gasteiger partial charge is 0.252 e. The molecule has 78 valence electrons. The number of rotatable bonds is 1. The molecule has 1 N–H and O–H groups in total. The van der Waals surface area contributed by atoms with Crippen LogP contribution in [0.1, 0.15) is 0 Å². The number of nitrogens with one attached hydrogen (secondary N) is 1. The summed E-state index contributed by atoms with van der Waals surface area (Å²) in [5.74, 6) is 1.00. The highest BCUT2D eigenvalue weighted by atomic mass is 16.1. The quantitative estimate of drug-likeness (QED) is 0.637. The largest absolute Gasteiger partial charge is 0.329 e. The average Bonchev–Trinajstić information content (AvgIpc) is 2.72. The lowest BCUT2D eigenvalue weighted by atomic mass is 10.2. The number of hydrogen-bond donors (Lipinski definition) is 1. The van der Waals surface area contributed by atoms with E-state index in [-0.39, 0.29) is 5.56 Å². The minimum atomic E-state index is -0.177. The van der Waals surface area contributed by atoms with Gasteiger partial charge >= 0.3 is 0 Å². The second kappa shape index (κ2) is 3.27. The van der Waals surface area contributed by atoms with Crippen LogP contribution in [0.2, 0.25) is 0 Å². The first-order valence-electron chi connectivity index (χ1n) is 4.69. The van der Waals surface area contributed by atoms with Crippen LogP contribution in [0.15, 0.2) is 41.6 Å². The van der Waals surface area contributed by atoms with E-state index in [0.717, 1.165) is 0 Å². The molecular weight excluding hydrogens is 206 g/mol. The van der Waals surface area contributed by atoms with Gasteiger partial charge in [-0.1, -0.05) is 0 Å². The third kappa shape index (κ3) is 1.36. The van der Waals surface area contributed by atoms with E-state index < -0.39 is 0 Å². The molecule has 0 aliphatic carbocycles. The van der Waals surface area contributed by atoms with Crippen LogP contribution in [-0.4, -0.2) is 24.6 Å². The van der Waals surface area contributed by atoms with Crippen LogP contribution in [0.3, 0.4) is 0 Å². The van der Waals surface area contributed by atoms with Crippen molar-refractivity contribution in [1.82, 2.24) is 24.6 Å². The normalized spacial score (nSPS) is 10.8. The number of aromatic nitrogens is 5. The minimum Gasteiger partial charge on any atom is -0.329 e. The molecule has 0 radical (unpaired) electrons. The van der Waals surface area contributed by atoms with E-state index >= 15 is 0 Å². The Morgan fingerprint density at radius 1 is 1.38 bits per heavy atom. The van der Waals surface area contributed by atoms with Gasteiger partial charge < -0.3 is 4.98 Å². The maximum Gasteiger partial charge on any atom is 0.252 e. The second-order valence-corrected chi connectivity index (χ2v) is 3.24. The van der Waals surface area contributed by atoms with E-state index in [1.807, 2.05) is 0 Å². The fraction of sp³-hybridized carbons (Fsp3) is 0. The number of fused-ring (bicyclic) bond motifs is 1. The van der Waals surface area contributed by atoms with Crippen molar-refractivity contribution in [2.45, 2.75) is 0 Å². The molecule has 0 aromatic carbocycles. The molecule has 6 nitrogen and oxygen atoms in total. The summed E-state index contributed by atoms with van der Waals surface area (Å²) >= 11 is 0. The Kier molecular flexibility index (Phi) is 1.79. The van der Waals surface area contributed by atoms with Crippen LogP contribution >= 0.6 is 0 Å². The van der Waals surface area contributed by atoms with Gasteiger partial charge in [-0.25, -0.2) is 9.50 Å². The lowest BCUT2D eigenvalue weighted by Gasteiger charge is -1.90. The van der Waals surface area contributed by atoms with Crippen LogP contribution in [0.5, 0.6) is 0 Å². The van der Waals surface area contributed by atoms with Gasteiger partial charge in [-0.2, -0.15) is 4.98 Å². The first-order valence-corrected chi connectivity index (χ1v) is 4.69. The van der Waals surface area contributed by atoms with Crippen molar-refractivity contribution >= 4 is 5.78 Å². The standard InChI is InChI=1S/C10H7N5O/c16-8-6-7(2-4-11-8)9-13-10-12-3-1-5-15(10)14-9/h1-6H,(H,11,16). The summed E-state index contributed by atoms with van der Waals surface area (Å²) in [6.07, 6.45) is 4.97. The molecule has 0 amide bonds. The average molecular weight is 213 g/mol. The monoisotopic (exact) mass is 213 g/mol. The molecule has 0 atom stereocenters. The van der Waals surface area contributed by atoms with E-state index in [4.69, 9.17) is 0 Å². The van der Waals surface area contributed by atoms with Crippen molar-refractivity contribution < 1.29 is 0 Å². The molecule has 0 saturated heterocycles. The van der Waals surface area contributed by atoms with Crippen LogP contribution in [-0.2, 0) is 0 Å². The van der Waals surface area contributed by atoms with Gasteiger partial charge in [0.2, 0.25) is 5.56 Å². The zero-order valence-electron chi connectivity index (χ0n) is 8.16. The van der Waals surface area contributed by atoms with Crippen molar-refractivity contribution in [3.63, 3.8) is 0 Å². The highest BCUT2D eigenvalue weighted by Crippen LogP contribution is 2.11. The summed E-state index contributed by atoms with van der Waals surface area (Å²) in [6.45, 7) is 0. The molecule has 0 aliphatic heterocycles. The van der Waals surface area contributed by atoms with E-state index in [2.05, 4.69) is 20.1 Å². The second-order valence-electron chi connectivity index (χ2n) is 3.24. The highest BCUT2D eigenvalue weighted by molar-refractivity contribution is 5.55. The van der Waals surface area contributed by atoms with E-state index in [9.17, 15) is 4.79 Å². The molecule has 6 heteroatoms. The third-order valence-electron chi connectivity index (χ3n) is 2.15. The number of hydrogen-bond acceptors (Lipinski definition) is 4. The van der Waals surface area contributed by atoms with E-state index in [0.29, 0.717) is 17.2 Å². The Morgan fingerprint density at radius 3 is 3.12 bits per heavy atom. The van der Waals surface area contributed by atoms with E-state index in [1.54, 1.807) is 35.2 Å². The van der Waals surface area contributed by atoms with Crippen molar-refractivity contribution in [2.75, 3.05) is 0 Å². The fourth-order valence-electron chi connectivity index (χ4n) is 1.44. The fourth-order valence-corrected chi connectivity index (χ4v) is 1.44. The van der Waals surface area contributed by atoms with Crippen molar-refractivity contribution in [3.05, 3.63) is 47.1 Å². The van der Waals surface area contributed by atoms with Gasteiger partial charge in [0.05, 0.1) is 0 Å². The zero-order valence-corrected chi connectivity index (χ0v) is 8.16. The molecule has 0 aliphatic rings. The topological polar surface area (TPSA) is 75.9 Å². The Morgan fingerprint density at radius 2 is 2.31 bits per heavy atom. The first-order chi connectivity index (χ1) is 7.83. The molecular formula is C10H7N5O. The zero-order chi connectivity index (χ0) is 11.0. The Bertz CT molecular complexity index is 666. The number of pyridine rings is 1. The first kappa shape index (κ1) is 8.78. The molecule has 3 heterocycles. The lowest BCUT2D eigenvalue weighted by molar-refractivity contribution is 0.942. The summed E-state index contributed by atoms with van der Waals surface area (Å²) in [7, 11) is 0. The highest BCUT2D eigenvalue weighted by Gasteiger charge is 2.06. The van der Waals surface area contributed by atoms with Gasteiger partial charge in [0.1, 0.15) is 0 Å². The molecule has 0 unspecified atom stereocenters.